The van der Waals surface area contributed by atoms with Gasteiger partial charge in [0.15, 0.2) is 8.32 Å². The first-order valence-corrected chi connectivity index (χ1v) is 15.9. The van der Waals surface area contributed by atoms with Gasteiger partial charge in [-0.3, -0.25) is 0 Å². The molecule has 0 spiro atoms. The maximum Gasteiger partial charge on any atom is 0.410 e. The zero-order valence-corrected chi connectivity index (χ0v) is 24.8. The lowest BCUT2D eigenvalue weighted by atomic mass is 9.97. The van der Waals surface area contributed by atoms with Gasteiger partial charge in [-0.2, -0.15) is 0 Å². The van der Waals surface area contributed by atoms with Gasteiger partial charge >= 0.3 is 6.09 Å². The minimum Gasteiger partial charge on any atom is -0.444 e. The summed E-state index contributed by atoms with van der Waals surface area (Å²) in [5, 5.41) is 4.19. The molecule has 1 aliphatic heterocycles. The monoisotopic (exact) mass is 521 g/mol. The summed E-state index contributed by atoms with van der Waals surface area (Å²) < 4.78 is 11.8. The van der Waals surface area contributed by atoms with Crippen molar-refractivity contribution < 1.29 is 14.0 Å². The summed E-state index contributed by atoms with van der Waals surface area (Å²) in [7, 11) is -1.75. The van der Waals surface area contributed by atoms with Crippen LogP contribution in [-0.4, -0.2) is 55.6 Å². The third kappa shape index (κ3) is 9.67. The van der Waals surface area contributed by atoms with Gasteiger partial charge in [0, 0.05) is 37.9 Å². The fourth-order valence-electron chi connectivity index (χ4n) is 3.41. The molecule has 196 valence electrons. The number of nitrogens with zero attached hydrogens (tertiary/aromatic N) is 2. The highest BCUT2D eigenvalue weighted by Crippen LogP contribution is 2.36. The van der Waals surface area contributed by atoms with Crippen LogP contribution in [0.3, 0.4) is 0 Å². The molecule has 1 aromatic heterocycles. The summed E-state index contributed by atoms with van der Waals surface area (Å²) in [6, 6.07) is 2.04. The van der Waals surface area contributed by atoms with E-state index in [0.717, 1.165) is 37.1 Å². The number of hydrogen-bond donors (Lipinski definition) is 1. The average molecular weight is 522 g/mol. The van der Waals surface area contributed by atoms with E-state index in [4.69, 9.17) is 20.8 Å². The van der Waals surface area contributed by atoms with E-state index in [1.807, 2.05) is 26.8 Å². The second-order valence-corrected chi connectivity index (χ2v) is 17.2. The van der Waals surface area contributed by atoms with Crippen LogP contribution in [0.4, 0.5) is 10.5 Å². The molecule has 8 heteroatoms. The normalized spacial score (nSPS) is 16.3. The van der Waals surface area contributed by atoms with E-state index < -0.39 is 13.9 Å². The number of rotatable bonds is 6. The van der Waals surface area contributed by atoms with Crippen LogP contribution in [0, 0.1) is 17.8 Å². The number of carbonyl (C=O) groups excluding carboxylic acids is 1. The summed E-state index contributed by atoms with van der Waals surface area (Å²) in [5.41, 5.74) is 1.25. The van der Waals surface area contributed by atoms with Crippen molar-refractivity contribution in [1.82, 2.24) is 9.88 Å². The Bertz CT molecular complexity index is 920. The summed E-state index contributed by atoms with van der Waals surface area (Å²) in [4.78, 5) is 18.3. The quantitative estimate of drug-likeness (QED) is 0.249. The molecule has 2 rings (SSSR count). The molecule has 0 aromatic carbocycles. The summed E-state index contributed by atoms with van der Waals surface area (Å²) in [5.74, 6) is 6.92. The topological polar surface area (TPSA) is 63.7 Å². The lowest BCUT2D eigenvalue weighted by Crippen LogP contribution is -2.41. The fraction of sp³-hybridized carbons (Fsp3) is 0.704. The highest BCUT2D eigenvalue weighted by Gasteiger charge is 2.37. The summed E-state index contributed by atoms with van der Waals surface area (Å²) in [6.45, 7) is 21.2. The Labute approximate surface area is 218 Å². The molecule has 1 saturated heterocycles. The van der Waals surface area contributed by atoms with Crippen molar-refractivity contribution >= 4 is 31.7 Å². The first-order chi connectivity index (χ1) is 16.1. The maximum atomic E-state index is 12.3. The van der Waals surface area contributed by atoms with Crippen LogP contribution in [-0.2, 0) is 9.16 Å². The molecular formula is C27H44ClN3O3Si. The molecule has 1 aliphatic rings. The van der Waals surface area contributed by atoms with E-state index in [1.165, 1.54) is 0 Å². The fourth-order valence-corrected chi connectivity index (χ4v) is 4.63. The number of carbonyl (C=O) groups is 1. The third-order valence-electron chi connectivity index (χ3n) is 6.65. The van der Waals surface area contributed by atoms with Crippen molar-refractivity contribution in [3.05, 3.63) is 23.0 Å². The molecule has 6 nitrogen and oxygen atoms in total. The Morgan fingerprint density at radius 2 is 1.89 bits per heavy atom. The van der Waals surface area contributed by atoms with Gasteiger partial charge in [0.1, 0.15) is 10.8 Å². The minimum absolute atomic E-state index is 0.202. The molecule has 0 unspecified atom stereocenters. The van der Waals surface area contributed by atoms with Gasteiger partial charge in [-0.25, -0.2) is 9.78 Å². The standard InChI is InChI=1S/C27H44ClN3O3Si/c1-20(14-17-33-35(8,9)27(5,6)7)30-23-18-24(28)29-19-22(23)11-10-21-12-15-31(16-13-21)25(32)34-26(2,3)4/h18-21H,12-17H2,1-9H3,(H,29,30)/t20-/m0/s1. The maximum absolute atomic E-state index is 12.3. The largest absolute Gasteiger partial charge is 0.444 e. The van der Waals surface area contributed by atoms with Crippen LogP contribution in [0.15, 0.2) is 12.3 Å². The van der Waals surface area contributed by atoms with Crippen molar-refractivity contribution in [3.8, 4) is 11.8 Å². The second kappa shape index (κ2) is 12.0. The van der Waals surface area contributed by atoms with Crippen molar-refractivity contribution in [2.75, 3.05) is 25.0 Å². The lowest BCUT2D eigenvalue weighted by molar-refractivity contribution is 0.0199. The number of anilines is 1. The number of likely N-dealkylation sites (tertiary alicyclic amines) is 1. The highest BCUT2D eigenvalue weighted by atomic mass is 35.5. The molecule has 1 atom stereocenters. The number of ether oxygens (including phenoxy) is 1. The van der Waals surface area contributed by atoms with Gasteiger partial charge in [-0.05, 0) is 71.2 Å². The number of hydrogen-bond acceptors (Lipinski definition) is 5. The molecule has 0 bridgehead atoms. The number of halogens is 1. The molecule has 1 fully saturated rings. The van der Waals surface area contributed by atoms with Crippen molar-refractivity contribution in [3.63, 3.8) is 0 Å². The molecular weight excluding hydrogens is 478 g/mol. The first-order valence-electron chi connectivity index (χ1n) is 12.6. The van der Waals surface area contributed by atoms with Crippen molar-refractivity contribution in [2.24, 2.45) is 5.92 Å². The number of piperidine rings is 1. The Morgan fingerprint density at radius 1 is 1.26 bits per heavy atom. The molecule has 1 amide bonds. The molecule has 35 heavy (non-hydrogen) atoms. The van der Waals surface area contributed by atoms with Crippen LogP contribution < -0.4 is 5.32 Å². The van der Waals surface area contributed by atoms with Crippen molar-refractivity contribution in [2.45, 2.75) is 97.5 Å². The van der Waals surface area contributed by atoms with Crippen LogP contribution in [0.25, 0.3) is 0 Å². The van der Waals surface area contributed by atoms with Crippen molar-refractivity contribution in [1.29, 1.82) is 0 Å². The summed E-state index contributed by atoms with van der Waals surface area (Å²) >= 11 is 6.19. The van der Waals surface area contributed by atoms with Crippen LogP contribution in [0.2, 0.25) is 23.3 Å². The highest BCUT2D eigenvalue weighted by molar-refractivity contribution is 6.74. The van der Waals surface area contributed by atoms with E-state index in [-0.39, 0.29) is 23.1 Å². The van der Waals surface area contributed by atoms with Gasteiger partial charge in [0.2, 0.25) is 0 Å². The SMILES string of the molecule is C[C@@H](CCO[Si](C)(C)C(C)(C)C)Nc1cc(Cl)ncc1C#CC1CCN(C(=O)OC(C)(C)C)CC1. The van der Waals surface area contributed by atoms with Gasteiger partial charge in [0.05, 0.1) is 11.3 Å². The van der Waals surface area contributed by atoms with Crippen LogP contribution in [0.1, 0.15) is 73.3 Å². The van der Waals surface area contributed by atoms with E-state index in [1.54, 1.807) is 11.1 Å². The van der Waals surface area contributed by atoms with Gasteiger partial charge in [-0.15, -0.1) is 0 Å². The predicted octanol–water partition coefficient (Wildman–Crippen LogP) is 6.95. The second-order valence-electron chi connectivity index (χ2n) is 12.0. The van der Waals surface area contributed by atoms with E-state index in [9.17, 15) is 4.79 Å². The Hall–Kier alpha value is -1.75. The number of nitrogens with one attached hydrogen (secondary N) is 1. The first kappa shape index (κ1) is 29.5. The van der Waals surface area contributed by atoms with Gasteiger partial charge < -0.3 is 19.4 Å². The third-order valence-corrected chi connectivity index (χ3v) is 11.4. The van der Waals surface area contributed by atoms with E-state index in [2.05, 4.69) is 62.9 Å². The Kier molecular flexibility index (Phi) is 10.1. The van der Waals surface area contributed by atoms with Crippen LogP contribution >= 0.6 is 11.6 Å². The van der Waals surface area contributed by atoms with Gasteiger partial charge in [-0.1, -0.05) is 44.2 Å². The molecule has 1 N–H and O–H groups in total. The van der Waals surface area contributed by atoms with Gasteiger partial charge in [0.25, 0.3) is 0 Å². The number of pyridine rings is 1. The predicted molar refractivity (Wildman–Crippen MR) is 148 cm³/mol. The molecule has 1 aromatic rings. The zero-order valence-electron chi connectivity index (χ0n) is 23.0. The van der Waals surface area contributed by atoms with Crippen LogP contribution in [0.5, 0.6) is 0 Å². The molecule has 0 aliphatic carbocycles. The van der Waals surface area contributed by atoms with E-state index >= 15 is 0 Å². The van der Waals surface area contributed by atoms with E-state index in [0.29, 0.717) is 18.2 Å². The lowest BCUT2D eigenvalue weighted by Gasteiger charge is -2.36. The molecule has 0 saturated carbocycles. The molecule has 2 heterocycles. The number of amides is 1. The smallest absolute Gasteiger partial charge is 0.410 e. The average Bonchev–Trinajstić information content (AvgIpc) is 2.71. The molecule has 0 radical (unpaired) electrons. The summed E-state index contributed by atoms with van der Waals surface area (Å²) in [6.07, 6.45) is 4.03. The Morgan fingerprint density at radius 3 is 2.46 bits per heavy atom. The Balaban J connectivity index is 1.95. The minimum atomic E-state index is -1.75. The zero-order chi connectivity index (χ0) is 26.4. The number of aromatic nitrogens is 1.